The highest BCUT2D eigenvalue weighted by molar-refractivity contribution is 6.25. The molecule has 2 aliphatic heterocycles. The molecule has 0 unspecified atom stereocenters. The van der Waals surface area contributed by atoms with E-state index in [9.17, 15) is 19.2 Å². The van der Waals surface area contributed by atoms with E-state index in [0.717, 1.165) is 0 Å². The van der Waals surface area contributed by atoms with Crippen molar-refractivity contribution in [2.75, 3.05) is 13.1 Å². The predicted molar refractivity (Wildman–Crippen MR) is 103 cm³/mol. The fourth-order valence-corrected chi connectivity index (χ4v) is 3.89. The number of piperidine rings is 1. The molecule has 1 N–H and O–H groups in total. The molecule has 29 heavy (non-hydrogen) atoms. The minimum absolute atomic E-state index is 0.0165. The molecule has 0 bridgehead atoms. The van der Waals surface area contributed by atoms with Crippen LogP contribution >= 0.6 is 0 Å². The van der Waals surface area contributed by atoms with Gasteiger partial charge in [-0.2, -0.15) is 0 Å². The molecule has 2 heterocycles. The first kappa shape index (κ1) is 19.0. The van der Waals surface area contributed by atoms with Crippen LogP contribution in [-0.2, 0) is 0 Å². The van der Waals surface area contributed by atoms with Gasteiger partial charge in [0.2, 0.25) is 0 Å². The highest BCUT2D eigenvalue weighted by Gasteiger charge is 2.40. The molecule has 0 atom stereocenters. The number of carbonyl (C=O) groups is 4. The highest BCUT2D eigenvalue weighted by atomic mass is 19.1. The van der Waals surface area contributed by atoms with Gasteiger partial charge in [0.1, 0.15) is 5.67 Å². The lowest BCUT2D eigenvalue weighted by Crippen LogP contribution is -2.45. The van der Waals surface area contributed by atoms with Crippen LogP contribution in [0.2, 0.25) is 0 Å². The van der Waals surface area contributed by atoms with Crippen molar-refractivity contribution in [1.29, 1.82) is 0 Å². The Morgan fingerprint density at radius 3 is 2.34 bits per heavy atom. The van der Waals surface area contributed by atoms with Crippen LogP contribution in [0.1, 0.15) is 60.7 Å². The quantitative estimate of drug-likeness (QED) is 0.639. The van der Waals surface area contributed by atoms with E-state index in [1.54, 1.807) is 29.2 Å². The Bertz CT molecular complexity index is 1010. The van der Waals surface area contributed by atoms with Crippen LogP contribution in [0, 0.1) is 0 Å². The Kier molecular flexibility index (Phi) is 4.74. The number of Topliss-reactive ketones (excluding diaryl/α,β-unsaturated/α-hetero) is 1. The van der Waals surface area contributed by atoms with Crippen molar-refractivity contribution < 1.29 is 23.6 Å². The van der Waals surface area contributed by atoms with Crippen LogP contribution < -0.4 is 5.32 Å². The first-order chi connectivity index (χ1) is 13.9. The molecule has 1 fully saturated rings. The normalized spacial score (nSPS) is 17.6. The van der Waals surface area contributed by atoms with Crippen molar-refractivity contribution in [2.45, 2.75) is 24.9 Å². The van der Waals surface area contributed by atoms with Gasteiger partial charge >= 0.3 is 0 Å². The van der Waals surface area contributed by atoms with E-state index in [1.165, 1.54) is 18.2 Å². The van der Waals surface area contributed by atoms with Gasteiger partial charge in [0.05, 0.1) is 11.1 Å². The van der Waals surface area contributed by atoms with Crippen LogP contribution in [0.4, 0.5) is 4.39 Å². The molecule has 6 nitrogen and oxygen atoms in total. The van der Waals surface area contributed by atoms with E-state index in [4.69, 9.17) is 0 Å². The largest absolute Gasteiger partial charge is 0.338 e. The second kappa shape index (κ2) is 7.24. The van der Waals surface area contributed by atoms with E-state index in [1.807, 2.05) is 6.07 Å². The van der Waals surface area contributed by atoms with E-state index in [0.29, 0.717) is 5.56 Å². The van der Waals surface area contributed by atoms with Crippen molar-refractivity contribution in [3.63, 3.8) is 0 Å². The molecule has 148 valence electrons. The Balaban J connectivity index is 1.45. The van der Waals surface area contributed by atoms with Gasteiger partial charge in [-0.05, 0) is 31.0 Å². The Morgan fingerprint density at radius 1 is 0.966 bits per heavy atom. The van der Waals surface area contributed by atoms with Crippen LogP contribution in [0.3, 0.4) is 0 Å². The van der Waals surface area contributed by atoms with Gasteiger partial charge in [0, 0.05) is 30.6 Å². The standard InChI is InChI=1S/C22H19FN2O4/c23-22(9-11-25(12-10-22)21(29)14-5-2-1-3-6-14)13-17(26)15-7-4-8-16-18(15)20(28)24-19(16)27/h1-8H,9-13H2,(H,24,27,28). The molecule has 0 radical (unpaired) electrons. The number of fused-ring (bicyclic) bond motifs is 1. The lowest BCUT2D eigenvalue weighted by Gasteiger charge is -2.36. The van der Waals surface area contributed by atoms with Gasteiger partial charge in [-0.15, -0.1) is 0 Å². The third-order valence-electron chi connectivity index (χ3n) is 5.51. The molecule has 2 aromatic rings. The fourth-order valence-electron chi connectivity index (χ4n) is 3.89. The molecular weight excluding hydrogens is 375 g/mol. The average Bonchev–Trinajstić information content (AvgIpc) is 3.02. The summed E-state index contributed by atoms with van der Waals surface area (Å²) in [5.74, 6) is -1.86. The minimum atomic E-state index is -1.76. The molecule has 2 aromatic carbocycles. The van der Waals surface area contributed by atoms with Crippen LogP contribution in [0.5, 0.6) is 0 Å². The van der Waals surface area contributed by atoms with Crippen LogP contribution in [-0.4, -0.2) is 47.2 Å². The molecule has 0 spiro atoms. The SMILES string of the molecule is O=C(CC1(F)CCN(C(=O)c2ccccc2)CC1)c1cccc2c1C(=O)NC2=O. The summed E-state index contributed by atoms with van der Waals surface area (Å²) in [7, 11) is 0. The van der Waals surface area contributed by atoms with E-state index in [2.05, 4.69) is 5.32 Å². The number of benzene rings is 2. The molecule has 0 saturated carbocycles. The first-order valence-electron chi connectivity index (χ1n) is 9.43. The molecular formula is C22H19FN2O4. The van der Waals surface area contributed by atoms with Crippen molar-refractivity contribution >= 4 is 23.5 Å². The van der Waals surface area contributed by atoms with Gasteiger partial charge in [0.25, 0.3) is 17.7 Å². The van der Waals surface area contributed by atoms with Gasteiger partial charge in [-0.3, -0.25) is 24.5 Å². The molecule has 0 aliphatic carbocycles. The van der Waals surface area contributed by atoms with Crippen LogP contribution in [0.25, 0.3) is 0 Å². The summed E-state index contributed by atoms with van der Waals surface area (Å²) < 4.78 is 15.3. The maximum atomic E-state index is 15.3. The number of nitrogens with one attached hydrogen (secondary N) is 1. The molecule has 0 aromatic heterocycles. The number of likely N-dealkylation sites (tertiary alicyclic amines) is 1. The summed E-state index contributed by atoms with van der Waals surface area (Å²) in [4.78, 5) is 50.6. The summed E-state index contributed by atoms with van der Waals surface area (Å²) in [5.41, 5.74) is -0.997. The number of alkyl halides is 1. The minimum Gasteiger partial charge on any atom is -0.338 e. The highest BCUT2D eigenvalue weighted by Crippen LogP contribution is 2.33. The summed E-state index contributed by atoms with van der Waals surface area (Å²) >= 11 is 0. The Morgan fingerprint density at radius 2 is 1.66 bits per heavy atom. The number of rotatable bonds is 4. The van der Waals surface area contributed by atoms with Crippen molar-refractivity contribution in [3.8, 4) is 0 Å². The van der Waals surface area contributed by atoms with Gasteiger partial charge < -0.3 is 4.90 Å². The number of hydrogen-bond acceptors (Lipinski definition) is 4. The summed E-state index contributed by atoms with van der Waals surface area (Å²) in [6.07, 6.45) is -0.312. The third kappa shape index (κ3) is 3.55. The smallest absolute Gasteiger partial charge is 0.259 e. The topological polar surface area (TPSA) is 83.6 Å². The second-order valence-electron chi connectivity index (χ2n) is 7.42. The monoisotopic (exact) mass is 394 g/mol. The number of ketones is 1. The zero-order valence-electron chi connectivity index (χ0n) is 15.6. The number of carbonyl (C=O) groups excluding carboxylic acids is 4. The van der Waals surface area contributed by atoms with E-state index < -0.39 is 29.7 Å². The zero-order valence-corrected chi connectivity index (χ0v) is 15.6. The van der Waals surface area contributed by atoms with Gasteiger partial charge in [0.15, 0.2) is 5.78 Å². The number of imide groups is 1. The maximum Gasteiger partial charge on any atom is 0.259 e. The molecule has 2 aliphatic rings. The summed E-state index contributed by atoms with van der Waals surface area (Å²) in [6, 6.07) is 13.2. The Hall–Kier alpha value is -3.35. The predicted octanol–water partition coefficient (Wildman–Crippen LogP) is 2.79. The molecule has 7 heteroatoms. The molecule has 4 rings (SSSR count). The maximum absolute atomic E-state index is 15.3. The Labute approximate surface area is 166 Å². The lowest BCUT2D eigenvalue weighted by molar-refractivity contribution is 0.0387. The summed E-state index contributed by atoms with van der Waals surface area (Å²) in [5, 5.41) is 2.16. The van der Waals surface area contributed by atoms with Crippen molar-refractivity contribution in [1.82, 2.24) is 10.2 Å². The summed E-state index contributed by atoms with van der Waals surface area (Å²) in [6.45, 7) is 0.423. The van der Waals surface area contributed by atoms with Gasteiger partial charge in [-0.25, -0.2) is 4.39 Å². The van der Waals surface area contributed by atoms with E-state index >= 15 is 4.39 Å². The number of amides is 3. The number of nitrogens with zero attached hydrogens (tertiary/aromatic N) is 1. The zero-order chi connectivity index (χ0) is 20.6. The fraction of sp³-hybridized carbons (Fsp3) is 0.273. The van der Waals surface area contributed by atoms with Crippen molar-refractivity contribution in [3.05, 3.63) is 70.8 Å². The molecule has 1 saturated heterocycles. The average molecular weight is 394 g/mol. The number of halogens is 1. The number of hydrogen-bond donors (Lipinski definition) is 1. The third-order valence-corrected chi connectivity index (χ3v) is 5.51. The van der Waals surface area contributed by atoms with Crippen LogP contribution in [0.15, 0.2) is 48.5 Å². The second-order valence-corrected chi connectivity index (χ2v) is 7.42. The van der Waals surface area contributed by atoms with E-state index in [-0.39, 0.29) is 48.5 Å². The van der Waals surface area contributed by atoms with Gasteiger partial charge in [-0.1, -0.05) is 30.3 Å². The van der Waals surface area contributed by atoms with Crippen molar-refractivity contribution in [2.24, 2.45) is 0 Å². The molecule has 3 amide bonds. The first-order valence-corrected chi connectivity index (χ1v) is 9.43. The lowest BCUT2D eigenvalue weighted by atomic mass is 9.85.